The Hall–Kier alpha value is -2.94. The van der Waals surface area contributed by atoms with Gasteiger partial charge in [-0.3, -0.25) is 19.2 Å². The second kappa shape index (κ2) is 7.12. The van der Waals surface area contributed by atoms with Gasteiger partial charge in [0.1, 0.15) is 5.69 Å². The van der Waals surface area contributed by atoms with Gasteiger partial charge in [-0.2, -0.15) is 0 Å². The number of nitro benzene ring substituents is 1. The monoisotopic (exact) mass is 375 g/mol. The molecule has 1 N–H and O–H groups in total. The summed E-state index contributed by atoms with van der Waals surface area (Å²) in [7, 11) is -3.38. The first-order valence-corrected chi connectivity index (χ1v) is 9.65. The predicted molar refractivity (Wildman–Crippen MR) is 97.9 cm³/mol. The van der Waals surface area contributed by atoms with Crippen LogP contribution in [0.5, 0.6) is 0 Å². The molecule has 2 aromatic carbocycles. The van der Waals surface area contributed by atoms with Gasteiger partial charge in [-0.15, -0.1) is 0 Å². The lowest BCUT2D eigenvalue weighted by molar-refractivity contribution is -0.383. The van der Waals surface area contributed by atoms with Crippen LogP contribution in [0, 0.1) is 10.1 Å². The normalized spacial score (nSPS) is 16.1. The molecule has 9 heteroatoms. The Kier molecular flexibility index (Phi) is 4.90. The topological polar surface area (TPSA) is 110 Å². The fourth-order valence-electron chi connectivity index (χ4n) is 2.81. The summed E-state index contributed by atoms with van der Waals surface area (Å²) >= 11 is 0. The Morgan fingerprint density at radius 2 is 1.88 bits per heavy atom. The van der Waals surface area contributed by atoms with Crippen LogP contribution in [0.4, 0.5) is 17.1 Å². The highest BCUT2D eigenvalue weighted by molar-refractivity contribution is 7.92. The van der Waals surface area contributed by atoms with E-state index in [0.717, 1.165) is 6.42 Å². The van der Waals surface area contributed by atoms with Crippen LogP contribution in [-0.4, -0.2) is 31.5 Å². The molecule has 26 heavy (non-hydrogen) atoms. The van der Waals surface area contributed by atoms with E-state index in [-0.39, 0.29) is 22.7 Å². The molecule has 1 aliphatic rings. The Labute approximate surface area is 150 Å². The van der Waals surface area contributed by atoms with Crippen molar-refractivity contribution in [3.63, 3.8) is 0 Å². The molecule has 1 amide bonds. The zero-order valence-electron chi connectivity index (χ0n) is 13.8. The van der Waals surface area contributed by atoms with Gasteiger partial charge in [-0.05, 0) is 37.1 Å². The second-order valence-electron chi connectivity index (χ2n) is 5.87. The van der Waals surface area contributed by atoms with Crippen molar-refractivity contribution < 1.29 is 18.1 Å². The third-order valence-electron chi connectivity index (χ3n) is 4.09. The van der Waals surface area contributed by atoms with Crippen molar-refractivity contribution in [3.05, 3.63) is 64.2 Å². The number of sulfonamides is 1. The van der Waals surface area contributed by atoms with Crippen LogP contribution in [0.2, 0.25) is 0 Å². The number of hydrogen-bond acceptors (Lipinski definition) is 5. The van der Waals surface area contributed by atoms with Gasteiger partial charge < -0.3 is 5.32 Å². The zero-order valence-corrected chi connectivity index (χ0v) is 14.6. The molecule has 0 spiro atoms. The third-order valence-corrected chi connectivity index (χ3v) is 5.96. The molecule has 0 atom stereocenters. The van der Waals surface area contributed by atoms with Crippen molar-refractivity contribution in [1.29, 1.82) is 0 Å². The quantitative estimate of drug-likeness (QED) is 0.653. The largest absolute Gasteiger partial charge is 0.316 e. The fraction of sp³-hybridized carbons (Fsp3) is 0.235. The van der Waals surface area contributed by atoms with Gasteiger partial charge in [-0.25, -0.2) is 8.42 Å². The summed E-state index contributed by atoms with van der Waals surface area (Å²) in [5, 5.41) is 13.6. The Balaban J connectivity index is 1.87. The first-order valence-electron chi connectivity index (χ1n) is 8.04. The highest BCUT2D eigenvalue weighted by atomic mass is 32.2. The van der Waals surface area contributed by atoms with Crippen LogP contribution < -0.4 is 9.62 Å². The number of nitro groups is 1. The SMILES string of the molecule is O=C(Nc1ccccc1[N+](=O)[O-])c1cccc(N2CCCCS2(=O)=O)c1. The maximum absolute atomic E-state index is 12.5. The molecule has 1 heterocycles. The fourth-order valence-corrected chi connectivity index (χ4v) is 4.45. The average Bonchev–Trinajstić information content (AvgIpc) is 2.61. The van der Waals surface area contributed by atoms with Gasteiger partial charge in [0.25, 0.3) is 11.6 Å². The van der Waals surface area contributed by atoms with Crippen molar-refractivity contribution in [2.45, 2.75) is 12.8 Å². The molecule has 0 bridgehead atoms. The minimum atomic E-state index is -3.38. The molecule has 1 fully saturated rings. The number of anilines is 2. The van der Waals surface area contributed by atoms with Gasteiger partial charge in [0.05, 0.1) is 16.4 Å². The highest BCUT2D eigenvalue weighted by Crippen LogP contribution is 2.26. The number of nitrogens with one attached hydrogen (secondary N) is 1. The standard InChI is InChI=1S/C17H17N3O5S/c21-17(18-15-8-1-2-9-16(15)20(22)23)13-6-5-7-14(12-13)19-10-3-4-11-26(19,24)25/h1-2,5-9,12H,3-4,10-11H2,(H,18,21). The molecule has 0 radical (unpaired) electrons. The van der Waals surface area contributed by atoms with Gasteiger partial charge in [0, 0.05) is 18.2 Å². The summed E-state index contributed by atoms with van der Waals surface area (Å²) in [4.78, 5) is 23.0. The van der Waals surface area contributed by atoms with E-state index >= 15 is 0 Å². The van der Waals surface area contributed by atoms with Crippen LogP contribution in [0.3, 0.4) is 0 Å². The van der Waals surface area contributed by atoms with Crippen molar-refractivity contribution in [2.75, 3.05) is 21.9 Å². The van der Waals surface area contributed by atoms with Crippen molar-refractivity contribution in [1.82, 2.24) is 0 Å². The Morgan fingerprint density at radius 1 is 1.12 bits per heavy atom. The number of nitrogens with zero attached hydrogens (tertiary/aromatic N) is 2. The molecule has 1 aliphatic heterocycles. The zero-order chi connectivity index (χ0) is 18.7. The van der Waals surface area contributed by atoms with E-state index < -0.39 is 20.9 Å². The summed E-state index contributed by atoms with van der Waals surface area (Å²) in [6.07, 6.45) is 1.38. The van der Waals surface area contributed by atoms with Crippen molar-refractivity contribution >= 4 is 33.0 Å². The van der Waals surface area contributed by atoms with E-state index in [0.29, 0.717) is 18.7 Å². The number of carbonyl (C=O) groups is 1. The smallest absolute Gasteiger partial charge is 0.292 e. The van der Waals surface area contributed by atoms with Crippen LogP contribution in [0.15, 0.2) is 48.5 Å². The molecule has 2 aromatic rings. The van der Waals surface area contributed by atoms with E-state index in [1.54, 1.807) is 18.2 Å². The number of hydrogen-bond donors (Lipinski definition) is 1. The molecule has 3 rings (SSSR count). The number of benzene rings is 2. The maximum atomic E-state index is 12.5. The minimum Gasteiger partial charge on any atom is -0.316 e. The van der Waals surface area contributed by atoms with Crippen molar-refractivity contribution in [2.24, 2.45) is 0 Å². The van der Waals surface area contributed by atoms with Gasteiger partial charge in [0.2, 0.25) is 10.0 Å². The Bertz CT molecular complexity index is 958. The minimum absolute atomic E-state index is 0.0819. The lowest BCUT2D eigenvalue weighted by Gasteiger charge is -2.28. The molecular weight excluding hydrogens is 358 g/mol. The number of rotatable bonds is 4. The molecule has 0 saturated carbocycles. The highest BCUT2D eigenvalue weighted by Gasteiger charge is 2.26. The first kappa shape index (κ1) is 17.9. The van der Waals surface area contributed by atoms with Crippen LogP contribution >= 0.6 is 0 Å². The summed E-state index contributed by atoms with van der Waals surface area (Å²) in [5.74, 6) is -0.463. The molecule has 0 aromatic heterocycles. The van der Waals surface area contributed by atoms with E-state index in [9.17, 15) is 23.3 Å². The average molecular weight is 375 g/mol. The van der Waals surface area contributed by atoms with E-state index in [2.05, 4.69) is 5.32 Å². The third kappa shape index (κ3) is 3.67. The number of carbonyl (C=O) groups excluding carboxylic acids is 1. The van der Waals surface area contributed by atoms with E-state index in [4.69, 9.17) is 0 Å². The first-order chi connectivity index (χ1) is 12.4. The predicted octanol–water partition coefficient (Wildman–Crippen LogP) is 2.78. The summed E-state index contributed by atoms with van der Waals surface area (Å²) in [6, 6.07) is 12.1. The molecule has 1 saturated heterocycles. The van der Waals surface area contributed by atoms with Crippen LogP contribution in [0.25, 0.3) is 0 Å². The molecule has 0 unspecified atom stereocenters. The lowest BCUT2D eigenvalue weighted by Crippen LogP contribution is -2.37. The van der Waals surface area contributed by atoms with Crippen LogP contribution in [0.1, 0.15) is 23.2 Å². The van der Waals surface area contributed by atoms with Crippen LogP contribution in [-0.2, 0) is 10.0 Å². The molecule has 136 valence electrons. The van der Waals surface area contributed by atoms with E-state index in [1.807, 2.05) is 0 Å². The molecule has 0 aliphatic carbocycles. The number of amides is 1. The van der Waals surface area contributed by atoms with Crippen molar-refractivity contribution in [3.8, 4) is 0 Å². The van der Waals surface area contributed by atoms with E-state index in [1.165, 1.54) is 34.6 Å². The second-order valence-corrected chi connectivity index (χ2v) is 7.89. The van der Waals surface area contributed by atoms with Gasteiger partial charge in [0.15, 0.2) is 0 Å². The van der Waals surface area contributed by atoms with Gasteiger partial charge in [-0.1, -0.05) is 18.2 Å². The van der Waals surface area contributed by atoms with Gasteiger partial charge >= 0.3 is 0 Å². The lowest BCUT2D eigenvalue weighted by atomic mass is 10.1. The number of para-hydroxylation sites is 2. The summed E-state index contributed by atoms with van der Waals surface area (Å²) < 4.78 is 25.8. The molecular formula is C17H17N3O5S. The Morgan fingerprint density at radius 3 is 2.62 bits per heavy atom. The summed E-state index contributed by atoms with van der Waals surface area (Å²) in [6.45, 7) is 0.373. The maximum Gasteiger partial charge on any atom is 0.292 e. The summed E-state index contributed by atoms with van der Waals surface area (Å²) in [5.41, 5.74) is 0.510. The molecule has 8 nitrogen and oxygen atoms in total.